The minimum absolute atomic E-state index is 0.274. The minimum Gasteiger partial charge on any atom is -0.490 e. The Morgan fingerprint density at radius 3 is 3.00 bits per heavy atom. The molecule has 0 aromatic heterocycles. The van der Waals surface area contributed by atoms with Crippen molar-refractivity contribution < 1.29 is 9.13 Å². The van der Waals surface area contributed by atoms with Gasteiger partial charge in [-0.3, -0.25) is 0 Å². The van der Waals surface area contributed by atoms with Crippen molar-refractivity contribution in [1.82, 2.24) is 4.90 Å². The first-order chi connectivity index (χ1) is 8.75. The van der Waals surface area contributed by atoms with Gasteiger partial charge in [0, 0.05) is 13.1 Å². The molecule has 1 fully saturated rings. The zero-order valence-corrected chi connectivity index (χ0v) is 11.1. The number of nitrogens with zero attached hydrogens (tertiary/aromatic N) is 1. The van der Waals surface area contributed by atoms with Crippen LogP contribution < -0.4 is 4.74 Å². The Morgan fingerprint density at radius 1 is 1.39 bits per heavy atom. The maximum Gasteiger partial charge on any atom is 0.165 e. The monoisotopic (exact) mass is 251 g/mol. The van der Waals surface area contributed by atoms with Crippen LogP contribution in [0.5, 0.6) is 5.75 Å². The Morgan fingerprint density at radius 2 is 2.22 bits per heavy atom. The molecule has 0 saturated carbocycles. The number of para-hydroxylation sites is 1. The maximum atomic E-state index is 13.3. The Kier molecular flexibility index (Phi) is 5.00. The van der Waals surface area contributed by atoms with Crippen LogP contribution in [0.4, 0.5) is 4.39 Å². The summed E-state index contributed by atoms with van der Waals surface area (Å²) in [5.74, 6) is 0.903. The zero-order valence-electron chi connectivity index (χ0n) is 11.1. The Labute approximate surface area is 109 Å². The number of likely N-dealkylation sites (tertiary alicyclic amines) is 1. The van der Waals surface area contributed by atoms with Gasteiger partial charge in [0.05, 0.1) is 6.61 Å². The van der Waals surface area contributed by atoms with E-state index in [-0.39, 0.29) is 5.82 Å². The van der Waals surface area contributed by atoms with Crippen LogP contribution in [0.3, 0.4) is 0 Å². The van der Waals surface area contributed by atoms with Crippen LogP contribution in [-0.4, -0.2) is 31.1 Å². The van der Waals surface area contributed by atoms with E-state index < -0.39 is 0 Å². The van der Waals surface area contributed by atoms with E-state index in [2.05, 4.69) is 11.8 Å². The van der Waals surface area contributed by atoms with Crippen LogP contribution in [-0.2, 0) is 0 Å². The topological polar surface area (TPSA) is 12.5 Å². The molecule has 18 heavy (non-hydrogen) atoms. The second kappa shape index (κ2) is 6.74. The Balaban J connectivity index is 1.65. The maximum absolute atomic E-state index is 13.3. The molecule has 0 bridgehead atoms. The summed E-state index contributed by atoms with van der Waals surface area (Å²) >= 11 is 0. The molecule has 0 amide bonds. The van der Waals surface area contributed by atoms with Crippen LogP contribution in [0.15, 0.2) is 24.3 Å². The molecule has 1 heterocycles. The fraction of sp³-hybridized carbons (Fsp3) is 0.600. The van der Waals surface area contributed by atoms with Gasteiger partial charge in [-0.25, -0.2) is 4.39 Å². The van der Waals surface area contributed by atoms with Gasteiger partial charge in [-0.2, -0.15) is 0 Å². The number of halogens is 1. The van der Waals surface area contributed by atoms with Crippen LogP contribution >= 0.6 is 0 Å². The van der Waals surface area contributed by atoms with Crippen molar-refractivity contribution in [2.45, 2.75) is 26.2 Å². The lowest BCUT2D eigenvalue weighted by atomic mass is 10.0. The molecular weight excluding hydrogens is 229 g/mol. The number of piperidine rings is 1. The Bertz CT molecular complexity index is 369. The van der Waals surface area contributed by atoms with Crippen molar-refractivity contribution in [3.05, 3.63) is 30.1 Å². The van der Waals surface area contributed by atoms with Gasteiger partial charge in [0.15, 0.2) is 11.6 Å². The molecule has 0 N–H and O–H groups in total. The third kappa shape index (κ3) is 3.98. The SMILES string of the molecule is CC1CCCN(CCCOc2ccccc2F)C1. The molecule has 0 spiro atoms. The number of hydrogen-bond acceptors (Lipinski definition) is 2. The Hall–Kier alpha value is -1.09. The average Bonchev–Trinajstić information content (AvgIpc) is 2.37. The lowest BCUT2D eigenvalue weighted by molar-refractivity contribution is 0.169. The summed E-state index contributed by atoms with van der Waals surface area (Å²) in [6, 6.07) is 6.59. The summed E-state index contributed by atoms with van der Waals surface area (Å²) in [6.07, 6.45) is 3.61. The molecule has 2 nitrogen and oxygen atoms in total. The van der Waals surface area contributed by atoms with Crippen molar-refractivity contribution in [3.8, 4) is 5.75 Å². The second-order valence-corrected chi connectivity index (χ2v) is 5.18. The van der Waals surface area contributed by atoms with Gasteiger partial charge in [0.2, 0.25) is 0 Å². The van der Waals surface area contributed by atoms with E-state index in [1.165, 1.54) is 32.0 Å². The molecule has 0 radical (unpaired) electrons. The summed E-state index contributed by atoms with van der Waals surface area (Å²) in [4.78, 5) is 2.48. The first-order valence-corrected chi connectivity index (χ1v) is 6.85. The molecule has 0 aliphatic carbocycles. The van der Waals surface area contributed by atoms with Crippen molar-refractivity contribution >= 4 is 0 Å². The van der Waals surface area contributed by atoms with E-state index in [9.17, 15) is 4.39 Å². The largest absolute Gasteiger partial charge is 0.490 e. The summed E-state index contributed by atoms with van der Waals surface area (Å²) < 4.78 is 18.7. The molecule has 1 aliphatic heterocycles. The third-order valence-electron chi connectivity index (χ3n) is 3.45. The van der Waals surface area contributed by atoms with Crippen LogP contribution in [0.2, 0.25) is 0 Å². The smallest absolute Gasteiger partial charge is 0.165 e. The highest BCUT2D eigenvalue weighted by molar-refractivity contribution is 5.23. The molecule has 1 aliphatic rings. The summed E-state index contributed by atoms with van der Waals surface area (Å²) in [6.45, 7) is 6.34. The normalized spacial score (nSPS) is 20.9. The first kappa shape index (κ1) is 13.3. The predicted octanol–water partition coefficient (Wildman–Crippen LogP) is 3.33. The van der Waals surface area contributed by atoms with E-state index in [1.54, 1.807) is 18.2 Å². The molecule has 1 atom stereocenters. The summed E-state index contributed by atoms with van der Waals surface area (Å²) in [5.41, 5.74) is 0. The van der Waals surface area contributed by atoms with Crippen LogP contribution in [0, 0.1) is 11.7 Å². The van der Waals surface area contributed by atoms with Gasteiger partial charge >= 0.3 is 0 Å². The predicted molar refractivity (Wildman–Crippen MR) is 71.4 cm³/mol. The highest BCUT2D eigenvalue weighted by Gasteiger charge is 2.15. The molecule has 2 rings (SSSR count). The highest BCUT2D eigenvalue weighted by atomic mass is 19.1. The lowest BCUT2D eigenvalue weighted by Gasteiger charge is -2.30. The zero-order chi connectivity index (χ0) is 12.8. The molecule has 100 valence electrons. The van der Waals surface area contributed by atoms with Crippen molar-refractivity contribution in [3.63, 3.8) is 0 Å². The molecule has 1 aromatic rings. The lowest BCUT2D eigenvalue weighted by Crippen LogP contribution is -2.35. The quantitative estimate of drug-likeness (QED) is 0.744. The number of benzene rings is 1. The van der Waals surface area contributed by atoms with E-state index in [1.807, 2.05) is 0 Å². The van der Waals surface area contributed by atoms with Crippen LogP contribution in [0.1, 0.15) is 26.2 Å². The number of hydrogen-bond donors (Lipinski definition) is 0. The van der Waals surface area contributed by atoms with Gasteiger partial charge in [-0.15, -0.1) is 0 Å². The third-order valence-corrected chi connectivity index (χ3v) is 3.45. The summed E-state index contributed by atoms with van der Waals surface area (Å²) in [5, 5.41) is 0. The molecule has 1 saturated heterocycles. The van der Waals surface area contributed by atoms with E-state index in [0.717, 1.165) is 18.9 Å². The fourth-order valence-electron chi connectivity index (χ4n) is 2.52. The second-order valence-electron chi connectivity index (χ2n) is 5.18. The van der Waals surface area contributed by atoms with Gasteiger partial charge in [0.25, 0.3) is 0 Å². The van der Waals surface area contributed by atoms with Crippen molar-refractivity contribution in [1.29, 1.82) is 0 Å². The van der Waals surface area contributed by atoms with E-state index in [0.29, 0.717) is 12.4 Å². The van der Waals surface area contributed by atoms with E-state index in [4.69, 9.17) is 4.74 Å². The van der Waals surface area contributed by atoms with Crippen molar-refractivity contribution in [2.75, 3.05) is 26.2 Å². The van der Waals surface area contributed by atoms with Gasteiger partial charge in [-0.05, 0) is 43.9 Å². The number of ether oxygens (including phenoxy) is 1. The van der Waals surface area contributed by atoms with Gasteiger partial charge in [0.1, 0.15) is 0 Å². The molecule has 1 unspecified atom stereocenters. The summed E-state index contributed by atoms with van der Waals surface area (Å²) in [7, 11) is 0. The highest BCUT2D eigenvalue weighted by Crippen LogP contribution is 2.17. The molecule has 1 aromatic carbocycles. The standard InChI is InChI=1S/C15H22FNO/c1-13-6-4-9-17(12-13)10-5-11-18-15-8-3-2-7-14(15)16/h2-3,7-8,13H,4-6,9-12H2,1H3. The molecular formula is C15H22FNO. The van der Waals surface area contributed by atoms with Crippen LogP contribution in [0.25, 0.3) is 0 Å². The van der Waals surface area contributed by atoms with E-state index >= 15 is 0 Å². The van der Waals surface area contributed by atoms with Crippen molar-refractivity contribution in [2.24, 2.45) is 5.92 Å². The fourth-order valence-corrected chi connectivity index (χ4v) is 2.52. The van der Waals surface area contributed by atoms with Gasteiger partial charge in [-0.1, -0.05) is 19.1 Å². The average molecular weight is 251 g/mol. The molecule has 3 heteroatoms. The minimum atomic E-state index is -0.274. The number of rotatable bonds is 5. The first-order valence-electron chi connectivity index (χ1n) is 6.85. The van der Waals surface area contributed by atoms with Gasteiger partial charge < -0.3 is 9.64 Å².